The second-order valence-corrected chi connectivity index (χ2v) is 6.56. The van der Waals surface area contributed by atoms with Gasteiger partial charge < -0.3 is 14.8 Å². The third kappa shape index (κ3) is 4.19. The fourth-order valence-corrected chi connectivity index (χ4v) is 3.08. The minimum Gasteiger partial charge on any atom is -0.497 e. The van der Waals surface area contributed by atoms with E-state index in [9.17, 15) is 4.79 Å². The van der Waals surface area contributed by atoms with E-state index in [1.165, 1.54) is 6.08 Å². The highest BCUT2D eigenvalue weighted by Gasteiger charge is 2.27. The number of ether oxygens (including phenoxy) is 2. The molecule has 22 heavy (non-hydrogen) atoms. The molecule has 0 unspecified atom stereocenters. The first-order chi connectivity index (χ1) is 10.5. The van der Waals surface area contributed by atoms with Crippen molar-refractivity contribution in [3.63, 3.8) is 0 Å². The van der Waals surface area contributed by atoms with E-state index in [1.54, 1.807) is 18.9 Å². The van der Waals surface area contributed by atoms with Crippen LogP contribution in [-0.2, 0) is 9.53 Å². The molecule has 1 aliphatic rings. The number of hydrogen-bond donors (Lipinski definition) is 1. The summed E-state index contributed by atoms with van der Waals surface area (Å²) in [6.45, 7) is 4.33. The molecule has 1 heterocycles. The van der Waals surface area contributed by atoms with Gasteiger partial charge in [-0.1, -0.05) is 13.8 Å². The van der Waals surface area contributed by atoms with Crippen LogP contribution in [0.25, 0.3) is 0 Å². The van der Waals surface area contributed by atoms with Crippen molar-refractivity contribution in [2.45, 2.75) is 37.3 Å². The summed E-state index contributed by atoms with van der Waals surface area (Å²) in [4.78, 5) is 12.5. The lowest BCUT2D eigenvalue weighted by molar-refractivity contribution is -0.139. The van der Waals surface area contributed by atoms with Crippen LogP contribution < -0.4 is 10.1 Å². The second-order valence-electron chi connectivity index (χ2n) is 5.71. The summed E-state index contributed by atoms with van der Waals surface area (Å²) in [7, 11) is 1.66. The number of thioether (sulfide) groups is 1. The van der Waals surface area contributed by atoms with Crippen LogP contribution in [0.4, 0.5) is 5.69 Å². The lowest BCUT2D eigenvalue weighted by atomic mass is 9.99. The Morgan fingerprint density at radius 3 is 2.73 bits per heavy atom. The number of esters is 1. The first-order valence-electron chi connectivity index (χ1n) is 7.41. The molecule has 0 radical (unpaired) electrons. The minimum absolute atomic E-state index is 0.0574. The minimum atomic E-state index is -0.264. The number of benzene rings is 1. The van der Waals surface area contributed by atoms with E-state index in [0.29, 0.717) is 5.92 Å². The summed E-state index contributed by atoms with van der Waals surface area (Å²) >= 11 is 1.66. The van der Waals surface area contributed by atoms with Crippen molar-refractivity contribution >= 4 is 23.4 Å². The summed E-state index contributed by atoms with van der Waals surface area (Å²) in [6, 6.07) is 6.02. The Morgan fingerprint density at radius 2 is 2.18 bits per heavy atom. The summed E-state index contributed by atoms with van der Waals surface area (Å²) in [5, 5.41) is 3.54. The van der Waals surface area contributed by atoms with Gasteiger partial charge in [0.25, 0.3) is 0 Å². The zero-order chi connectivity index (χ0) is 16.1. The van der Waals surface area contributed by atoms with Crippen LogP contribution in [0.2, 0.25) is 0 Å². The molecule has 1 aromatic rings. The summed E-state index contributed by atoms with van der Waals surface area (Å²) in [6.07, 6.45) is 6.08. The van der Waals surface area contributed by atoms with Crippen molar-refractivity contribution in [3.05, 3.63) is 30.4 Å². The number of rotatable bonds is 7. The van der Waals surface area contributed by atoms with Crippen molar-refractivity contribution in [1.82, 2.24) is 0 Å². The van der Waals surface area contributed by atoms with Crippen molar-refractivity contribution in [2.75, 3.05) is 18.7 Å². The Balaban J connectivity index is 2.19. The molecule has 0 amide bonds. The number of anilines is 1. The number of methoxy groups -OCH3 is 1. The fraction of sp³-hybridized carbons (Fsp3) is 0.471. The molecule has 1 aromatic carbocycles. The molecule has 0 saturated carbocycles. The monoisotopic (exact) mass is 321 g/mol. The van der Waals surface area contributed by atoms with Crippen molar-refractivity contribution in [2.24, 2.45) is 5.92 Å². The van der Waals surface area contributed by atoms with Crippen LogP contribution in [0.3, 0.4) is 0 Å². The maximum Gasteiger partial charge on any atom is 0.331 e. The van der Waals surface area contributed by atoms with E-state index >= 15 is 0 Å². The summed E-state index contributed by atoms with van der Waals surface area (Å²) in [5.74, 6) is 1.07. The van der Waals surface area contributed by atoms with E-state index in [2.05, 4.69) is 19.2 Å². The number of carbonyl (C=O) groups is 1. The quantitative estimate of drug-likeness (QED) is 0.612. The fourth-order valence-electron chi connectivity index (χ4n) is 2.50. The molecule has 1 aliphatic heterocycles. The molecule has 1 N–H and O–H groups in total. The summed E-state index contributed by atoms with van der Waals surface area (Å²) in [5.41, 5.74) is 1.04. The van der Waals surface area contributed by atoms with Crippen LogP contribution in [0.15, 0.2) is 35.2 Å². The smallest absolute Gasteiger partial charge is 0.331 e. The number of carbonyl (C=O) groups excluding carboxylic acids is 1. The van der Waals surface area contributed by atoms with Crippen molar-refractivity contribution in [3.8, 4) is 5.75 Å². The lowest BCUT2D eigenvalue weighted by Crippen LogP contribution is -2.34. The second kappa shape index (κ2) is 7.58. The highest BCUT2D eigenvalue weighted by Crippen LogP contribution is 2.31. The van der Waals surface area contributed by atoms with Crippen LogP contribution in [-0.4, -0.2) is 31.5 Å². The molecule has 0 saturated heterocycles. The Hall–Kier alpha value is -1.62. The predicted octanol–water partition coefficient (Wildman–Crippen LogP) is 3.73. The van der Waals surface area contributed by atoms with Gasteiger partial charge in [0.05, 0.1) is 13.2 Å². The molecule has 0 aliphatic carbocycles. The van der Waals surface area contributed by atoms with E-state index in [-0.39, 0.29) is 18.1 Å². The van der Waals surface area contributed by atoms with Gasteiger partial charge in [-0.25, -0.2) is 4.79 Å². The Kier molecular flexibility index (Phi) is 5.77. The molecule has 0 bridgehead atoms. The third-order valence-electron chi connectivity index (χ3n) is 3.55. The Bertz CT molecular complexity index is 557. The van der Waals surface area contributed by atoms with Crippen LogP contribution >= 0.6 is 11.8 Å². The Morgan fingerprint density at radius 1 is 1.41 bits per heavy atom. The molecule has 0 fully saturated rings. The highest BCUT2D eigenvalue weighted by molar-refractivity contribution is 7.98. The average Bonchev–Trinajstić information content (AvgIpc) is 2.93. The zero-order valence-corrected chi connectivity index (χ0v) is 14.3. The van der Waals surface area contributed by atoms with Gasteiger partial charge in [0.2, 0.25) is 0 Å². The van der Waals surface area contributed by atoms with Gasteiger partial charge in [-0.05, 0) is 42.9 Å². The first kappa shape index (κ1) is 16.7. The van der Waals surface area contributed by atoms with Crippen molar-refractivity contribution < 1.29 is 14.3 Å². The summed E-state index contributed by atoms with van der Waals surface area (Å²) < 4.78 is 10.6. The molecule has 5 heteroatoms. The van der Waals surface area contributed by atoms with Gasteiger partial charge in [-0.2, -0.15) is 0 Å². The molecular weight excluding hydrogens is 298 g/mol. The largest absolute Gasteiger partial charge is 0.497 e. The van der Waals surface area contributed by atoms with Gasteiger partial charge >= 0.3 is 5.97 Å². The molecular formula is C17H23NO3S. The maximum absolute atomic E-state index is 11.3. The third-order valence-corrected chi connectivity index (χ3v) is 4.32. The van der Waals surface area contributed by atoms with E-state index in [4.69, 9.17) is 9.47 Å². The molecule has 2 rings (SSSR count). The van der Waals surface area contributed by atoms with E-state index < -0.39 is 0 Å². The van der Waals surface area contributed by atoms with Crippen molar-refractivity contribution in [1.29, 1.82) is 0 Å². The van der Waals surface area contributed by atoms with E-state index in [0.717, 1.165) is 22.8 Å². The lowest BCUT2D eigenvalue weighted by Gasteiger charge is -2.26. The number of nitrogens with one attached hydrogen (secondary N) is 1. The topological polar surface area (TPSA) is 47.6 Å². The van der Waals surface area contributed by atoms with Gasteiger partial charge in [-0.15, -0.1) is 11.8 Å². The predicted molar refractivity (Wildman–Crippen MR) is 90.7 cm³/mol. The normalized spacial score (nSPS) is 18.4. The Labute approximate surface area is 136 Å². The molecule has 2 atom stereocenters. The average molecular weight is 321 g/mol. The molecule has 120 valence electrons. The number of hydrogen-bond acceptors (Lipinski definition) is 5. The van der Waals surface area contributed by atoms with E-state index in [1.807, 2.05) is 30.5 Å². The zero-order valence-electron chi connectivity index (χ0n) is 13.5. The van der Waals surface area contributed by atoms with Crippen LogP contribution in [0, 0.1) is 5.92 Å². The maximum atomic E-state index is 11.3. The number of cyclic esters (lactones) is 1. The van der Waals surface area contributed by atoms with Crippen LogP contribution in [0.5, 0.6) is 5.75 Å². The van der Waals surface area contributed by atoms with Crippen LogP contribution in [0.1, 0.15) is 20.3 Å². The van der Waals surface area contributed by atoms with Gasteiger partial charge in [0.15, 0.2) is 0 Å². The standard InChI is InChI=1S/C17H23NO3S/c1-11(2)9-14(15-7-8-17(19)21-15)18-13-6-5-12(20-3)10-16(13)22-4/h5-8,10-11,14-15,18H,9H2,1-4H3/t14-,15+/m0/s1. The van der Waals surface area contributed by atoms with Gasteiger partial charge in [0, 0.05) is 16.7 Å². The molecule has 0 aromatic heterocycles. The van der Waals surface area contributed by atoms with Gasteiger partial charge in [0.1, 0.15) is 11.9 Å². The molecule has 4 nitrogen and oxygen atoms in total. The van der Waals surface area contributed by atoms with Gasteiger partial charge in [-0.3, -0.25) is 0 Å². The highest BCUT2D eigenvalue weighted by atomic mass is 32.2. The first-order valence-corrected chi connectivity index (χ1v) is 8.63. The molecule has 0 spiro atoms. The SMILES string of the molecule is COc1ccc(N[C@@H](CC(C)C)[C@H]2C=CC(=O)O2)c(SC)c1.